The number of piperidine rings is 1. The van der Waals surface area contributed by atoms with E-state index in [0.29, 0.717) is 69.6 Å². The van der Waals surface area contributed by atoms with Crippen LogP contribution in [-0.2, 0) is 16.1 Å². The molecule has 6 N–H and O–H groups in total. The van der Waals surface area contributed by atoms with Crippen LogP contribution in [0.15, 0.2) is 65.7 Å². The van der Waals surface area contributed by atoms with E-state index in [0.717, 1.165) is 22.1 Å². The molecule has 0 bridgehead atoms. The van der Waals surface area contributed by atoms with Crippen LogP contribution < -0.4 is 31.6 Å². The van der Waals surface area contributed by atoms with Gasteiger partial charge in [0.15, 0.2) is 34.2 Å². The molecule has 266 valence electrons. The summed E-state index contributed by atoms with van der Waals surface area (Å²) in [7, 11) is 0. The first-order valence-electron chi connectivity index (χ1n) is 16.7. The molecular formula is C36H39ClN8O6. The number of rotatable bonds is 8. The van der Waals surface area contributed by atoms with Crippen molar-refractivity contribution in [2.75, 3.05) is 44.3 Å². The minimum Gasteiger partial charge on any atom is -0.491 e. The molecule has 0 unspecified atom stereocenters. The van der Waals surface area contributed by atoms with E-state index >= 15 is 0 Å². The molecule has 2 amide bonds. The number of halogens is 1. The number of benzene rings is 3. The van der Waals surface area contributed by atoms with Gasteiger partial charge in [-0.05, 0) is 85.5 Å². The molecule has 1 aromatic heterocycles. The number of anilines is 2. The van der Waals surface area contributed by atoms with Crippen LogP contribution in [0, 0.1) is 0 Å². The van der Waals surface area contributed by atoms with Crippen LogP contribution in [-0.4, -0.2) is 82.9 Å². The number of nitrogens with zero attached hydrogens (tertiary/aromatic N) is 4. The van der Waals surface area contributed by atoms with Crippen molar-refractivity contribution in [3.63, 3.8) is 0 Å². The Bertz CT molecular complexity index is 2000. The number of hydrogen-bond donors (Lipinski definition) is 4. The average molecular weight is 715 g/mol. The third kappa shape index (κ3) is 7.77. The SMILES string of the molecule is CC1(C)OC[C@@H](COc2ccc3cc(COc4ccc(C(=O)N5CCC6(CC5)CN=C(NC(=O)c5nc(Cl)c(N)nc5N)N6)cc4)ccc3c2)O1. The van der Waals surface area contributed by atoms with Gasteiger partial charge in [-0.1, -0.05) is 29.8 Å². The largest absolute Gasteiger partial charge is 0.491 e. The standard InChI is InChI=1S/C36H39ClN8O6/c1-35(2)50-19-27(51-35)18-49-26-10-7-23-15-21(3-4-24(23)16-26)17-48-25-8-5-22(6-9-25)33(47)45-13-11-36(12-14-45)20-40-34(44-36)43-32(46)28-30(38)42-31(39)29(37)41-28/h3-10,15-16,27H,11-14,17-20H2,1-2H3,(H4,38,39,42)(H2,40,43,44,46)/t27-/m1/s1. The summed E-state index contributed by atoms with van der Waals surface area (Å²) in [5.74, 6) is 0.338. The lowest BCUT2D eigenvalue weighted by molar-refractivity contribution is -0.141. The number of carbonyl (C=O) groups excluding carboxylic acids is 2. The van der Waals surface area contributed by atoms with Gasteiger partial charge >= 0.3 is 0 Å². The van der Waals surface area contributed by atoms with Crippen molar-refractivity contribution in [3.8, 4) is 11.5 Å². The summed E-state index contributed by atoms with van der Waals surface area (Å²) in [6, 6.07) is 19.4. The van der Waals surface area contributed by atoms with Gasteiger partial charge in [0.1, 0.15) is 30.8 Å². The minimum atomic E-state index is -0.603. The molecule has 15 heteroatoms. The summed E-state index contributed by atoms with van der Waals surface area (Å²) in [6.45, 7) is 6.65. The van der Waals surface area contributed by atoms with E-state index in [1.165, 1.54) is 0 Å². The van der Waals surface area contributed by atoms with Crippen molar-refractivity contribution in [2.45, 2.75) is 50.7 Å². The van der Waals surface area contributed by atoms with Crippen LogP contribution >= 0.6 is 11.6 Å². The van der Waals surface area contributed by atoms with E-state index in [1.54, 1.807) is 12.1 Å². The van der Waals surface area contributed by atoms with Crippen LogP contribution in [0.4, 0.5) is 11.6 Å². The molecule has 2 saturated heterocycles. The van der Waals surface area contributed by atoms with Gasteiger partial charge in [-0.15, -0.1) is 0 Å². The van der Waals surface area contributed by atoms with Crippen molar-refractivity contribution in [1.82, 2.24) is 25.5 Å². The van der Waals surface area contributed by atoms with E-state index in [4.69, 9.17) is 42.0 Å². The average Bonchev–Trinajstić information content (AvgIpc) is 3.68. The molecule has 4 aromatic rings. The number of likely N-dealkylation sites (tertiary alicyclic amines) is 1. The van der Waals surface area contributed by atoms with E-state index in [1.807, 2.05) is 55.1 Å². The first-order valence-corrected chi connectivity index (χ1v) is 17.0. The van der Waals surface area contributed by atoms with Crippen LogP contribution in [0.3, 0.4) is 0 Å². The molecule has 4 heterocycles. The Balaban J connectivity index is 0.868. The van der Waals surface area contributed by atoms with Crippen LogP contribution in [0.1, 0.15) is 53.1 Å². The van der Waals surface area contributed by atoms with Crippen molar-refractivity contribution < 1.29 is 28.5 Å². The summed E-state index contributed by atoms with van der Waals surface area (Å²) < 4.78 is 23.4. The number of nitrogens with two attached hydrogens (primary N) is 2. The molecule has 3 aromatic carbocycles. The highest BCUT2D eigenvalue weighted by Crippen LogP contribution is 2.29. The fourth-order valence-electron chi connectivity index (χ4n) is 6.36. The predicted octanol–water partition coefficient (Wildman–Crippen LogP) is 3.92. The second-order valence-corrected chi connectivity index (χ2v) is 13.7. The Morgan fingerprint density at radius 3 is 2.45 bits per heavy atom. The highest BCUT2D eigenvalue weighted by molar-refractivity contribution is 6.31. The maximum Gasteiger partial charge on any atom is 0.280 e. The zero-order valence-electron chi connectivity index (χ0n) is 28.3. The predicted molar refractivity (Wildman–Crippen MR) is 192 cm³/mol. The van der Waals surface area contributed by atoms with Crippen molar-refractivity contribution >= 4 is 51.8 Å². The number of carbonyl (C=O) groups is 2. The fourth-order valence-corrected chi connectivity index (χ4v) is 6.48. The molecular weight excluding hydrogens is 676 g/mol. The number of amides is 2. The molecule has 0 radical (unpaired) electrons. The Morgan fingerprint density at radius 2 is 1.71 bits per heavy atom. The van der Waals surface area contributed by atoms with Crippen LogP contribution in [0.5, 0.6) is 11.5 Å². The first-order chi connectivity index (χ1) is 24.4. The van der Waals surface area contributed by atoms with Gasteiger partial charge < -0.3 is 40.6 Å². The molecule has 0 saturated carbocycles. The number of ether oxygens (including phenoxy) is 4. The number of hydrogen-bond acceptors (Lipinski definition) is 12. The highest BCUT2D eigenvalue weighted by Gasteiger charge is 2.40. The van der Waals surface area contributed by atoms with E-state index in [9.17, 15) is 9.59 Å². The zero-order valence-corrected chi connectivity index (χ0v) is 29.0. The maximum atomic E-state index is 13.3. The lowest BCUT2D eigenvalue weighted by atomic mass is 9.88. The van der Waals surface area contributed by atoms with E-state index < -0.39 is 11.7 Å². The minimum absolute atomic E-state index is 0.0519. The molecule has 7 rings (SSSR count). The second-order valence-electron chi connectivity index (χ2n) is 13.4. The van der Waals surface area contributed by atoms with Gasteiger partial charge in [-0.3, -0.25) is 19.9 Å². The van der Waals surface area contributed by atoms with Crippen molar-refractivity contribution in [1.29, 1.82) is 0 Å². The van der Waals surface area contributed by atoms with Crippen LogP contribution in [0.2, 0.25) is 5.15 Å². The molecule has 1 spiro atoms. The lowest BCUT2D eigenvalue weighted by Crippen LogP contribution is -2.57. The zero-order chi connectivity index (χ0) is 35.8. The molecule has 14 nitrogen and oxygen atoms in total. The number of nitrogens with one attached hydrogen (secondary N) is 2. The lowest BCUT2D eigenvalue weighted by Gasteiger charge is -2.39. The Morgan fingerprint density at radius 1 is 0.980 bits per heavy atom. The third-order valence-electron chi connectivity index (χ3n) is 9.17. The van der Waals surface area contributed by atoms with Crippen molar-refractivity contribution in [3.05, 3.63) is 82.6 Å². The molecule has 51 heavy (non-hydrogen) atoms. The highest BCUT2D eigenvalue weighted by atomic mass is 35.5. The monoisotopic (exact) mass is 714 g/mol. The number of aromatic nitrogens is 2. The van der Waals surface area contributed by atoms with Crippen LogP contribution in [0.25, 0.3) is 10.8 Å². The van der Waals surface area contributed by atoms with Gasteiger partial charge in [-0.2, -0.15) is 0 Å². The summed E-state index contributed by atoms with van der Waals surface area (Å²) in [5, 5.41) is 8.03. The van der Waals surface area contributed by atoms with E-state index in [2.05, 4.69) is 37.7 Å². The number of aliphatic imine (C=N–C) groups is 1. The van der Waals surface area contributed by atoms with Crippen molar-refractivity contribution in [2.24, 2.45) is 4.99 Å². The number of fused-ring (bicyclic) bond motifs is 1. The number of guanidine groups is 1. The maximum absolute atomic E-state index is 13.3. The molecule has 1 atom stereocenters. The van der Waals surface area contributed by atoms with Gasteiger partial charge in [-0.25, -0.2) is 9.97 Å². The molecule has 2 fully saturated rings. The molecule has 3 aliphatic heterocycles. The fraction of sp³-hybridized carbons (Fsp3) is 0.361. The van der Waals surface area contributed by atoms with Gasteiger partial charge in [0.2, 0.25) is 0 Å². The molecule has 0 aliphatic carbocycles. The first kappa shape index (κ1) is 34.3. The van der Waals surface area contributed by atoms with Gasteiger partial charge in [0.05, 0.1) is 18.7 Å². The van der Waals surface area contributed by atoms with Gasteiger partial charge in [0, 0.05) is 18.7 Å². The smallest absolute Gasteiger partial charge is 0.280 e. The quantitative estimate of drug-likeness (QED) is 0.207. The number of nitrogen functional groups attached to an aromatic ring is 2. The summed E-state index contributed by atoms with van der Waals surface area (Å²) in [6.07, 6.45) is 1.22. The normalized spacial score (nSPS) is 19.1. The Labute approximate surface area is 299 Å². The summed E-state index contributed by atoms with van der Waals surface area (Å²) >= 11 is 5.91. The van der Waals surface area contributed by atoms with E-state index in [-0.39, 0.29) is 40.0 Å². The Kier molecular flexibility index (Phi) is 9.31. The summed E-state index contributed by atoms with van der Waals surface area (Å²) in [5.41, 5.74) is 12.5. The Hall–Kier alpha value is -5.18. The topological polar surface area (TPSA) is 189 Å². The summed E-state index contributed by atoms with van der Waals surface area (Å²) in [4.78, 5) is 40.1. The second kappa shape index (κ2) is 13.9. The van der Waals surface area contributed by atoms with Gasteiger partial charge in [0.25, 0.3) is 11.8 Å². The third-order valence-corrected chi connectivity index (χ3v) is 9.45. The molecule has 3 aliphatic rings.